The van der Waals surface area contributed by atoms with Gasteiger partial charge in [-0.2, -0.15) is 0 Å². The van der Waals surface area contributed by atoms with Crippen LogP contribution in [0.4, 0.5) is 11.4 Å². The van der Waals surface area contributed by atoms with Crippen molar-refractivity contribution in [2.24, 2.45) is 0 Å². The number of hydrogen-bond acceptors (Lipinski definition) is 4. The Bertz CT molecular complexity index is 912. The van der Waals surface area contributed by atoms with Crippen LogP contribution in [0.1, 0.15) is 25.8 Å². The molecule has 2 aromatic carbocycles. The third-order valence-electron chi connectivity index (χ3n) is 4.78. The van der Waals surface area contributed by atoms with Gasteiger partial charge in [0.05, 0.1) is 5.69 Å². The second-order valence-corrected chi connectivity index (χ2v) is 6.83. The maximum absolute atomic E-state index is 12.4. The van der Waals surface area contributed by atoms with Crippen LogP contribution in [0.5, 0.6) is 5.75 Å². The van der Waals surface area contributed by atoms with Crippen LogP contribution in [0, 0.1) is 0 Å². The number of nitrogens with one attached hydrogen (secondary N) is 1. The smallest absolute Gasteiger partial charge is 0.265 e. The fourth-order valence-electron chi connectivity index (χ4n) is 3.25. The topological polar surface area (TPSA) is 79.0 Å². The summed E-state index contributed by atoms with van der Waals surface area (Å²) < 4.78 is 5.42. The number of benzene rings is 2. The van der Waals surface area contributed by atoms with Crippen LogP contribution in [-0.4, -0.2) is 42.3 Å². The zero-order chi connectivity index (χ0) is 20.8. The number of hydrogen-bond donors (Lipinski definition) is 1. The Labute approximate surface area is 170 Å². The van der Waals surface area contributed by atoms with E-state index in [0.717, 1.165) is 5.56 Å². The molecule has 1 heterocycles. The molecule has 7 nitrogen and oxygen atoms in total. The van der Waals surface area contributed by atoms with Gasteiger partial charge in [0.2, 0.25) is 11.8 Å². The summed E-state index contributed by atoms with van der Waals surface area (Å²) in [6.07, 6.45) is 0.166. The van der Waals surface area contributed by atoms with Crippen molar-refractivity contribution in [2.45, 2.75) is 26.8 Å². The molecule has 0 unspecified atom stereocenters. The van der Waals surface area contributed by atoms with Crippen LogP contribution in [0.25, 0.3) is 0 Å². The summed E-state index contributed by atoms with van der Waals surface area (Å²) in [6, 6.07) is 14.7. The highest BCUT2D eigenvalue weighted by Crippen LogP contribution is 2.31. The highest BCUT2D eigenvalue weighted by atomic mass is 16.5. The first kappa shape index (κ1) is 20.4. The first-order valence-electron chi connectivity index (χ1n) is 9.64. The number of carbonyl (C=O) groups excluding carboxylic acids is 3. The lowest BCUT2D eigenvalue weighted by atomic mass is 10.1. The van der Waals surface area contributed by atoms with Crippen molar-refractivity contribution in [3.8, 4) is 5.75 Å². The van der Waals surface area contributed by atoms with E-state index in [1.807, 2.05) is 43.3 Å². The van der Waals surface area contributed by atoms with E-state index in [-0.39, 0.29) is 37.3 Å². The van der Waals surface area contributed by atoms with E-state index in [4.69, 9.17) is 4.74 Å². The second-order valence-electron chi connectivity index (χ2n) is 6.83. The molecular formula is C22H25N3O4. The monoisotopic (exact) mass is 395 g/mol. The highest BCUT2D eigenvalue weighted by Gasteiger charge is 2.25. The SMILES string of the molecule is CCN(Cc1cccc(NC(=O)CCN2C(=O)COc3ccccc32)c1)C(C)=O. The highest BCUT2D eigenvalue weighted by molar-refractivity contribution is 5.99. The maximum Gasteiger partial charge on any atom is 0.265 e. The summed E-state index contributed by atoms with van der Waals surface area (Å²) in [5.41, 5.74) is 2.29. The van der Waals surface area contributed by atoms with E-state index < -0.39 is 0 Å². The van der Waals surface area contributed by atoms with Crippen LogP contribution >= 0.6 is 0 Å². The van der Waals surface area contributed by atoms with Crippen molar-refractivity contribution >= 4 is 29.1 Å². The van der Waals surface area contributed by atoms with E-state index in [2.05, 4.69) is 5.32 Å². The van der Waals surface area contributed by atoms with Gasteiger partial charge in [0.1, 0.15) is 5.75 Å². The third kappa shape index (κ3) is 5.13. The molecule has 2 aromatic rings. The molecule has 29 heavy (non-hydrogen) atoms. The van der Waals surface area contributed by atoms with Crippen LogP contribution in [-0.2, 0) is 20.9 Å². The molecule has 0 atom stereocenters. The Morgan fingerprint density at radius 3 is 2.72 bits per heavy atom. The van der Waals surface area contributed by atoms with Crippen molar-refractivity contribution in [1.29, 1.82) is 0 Å². The van der Waals surface area contributed by atoms with Gasteiger partial charge in [-0.15, -0.1) is 0 Å². The number of fused-ring (bicyclic) bond motifs is 1. The van der Waals surface area contributed by atoms with E-state index in [1.165, 1.54) is 0 Å². The lowest BCUT2D eigenvalue weighted by molar-refractivity contribution is -0.129. The number of rotatable bonds is 7. The molecule has 1 N–H and O–H groups in total. The van der Waals surface area contributed by atoms with Crippen LogP contribution in [0.3, 0.4) is 0 Å². The first-order valence-corrected chi connectivity index (χ1v) is 9.64. The average Bonchev–Trinajstić information content (AvgIpc) is 2.71. The van der Waals surface area contributed by atoms with E-state index in [9.17, 15) is 14.4 Å². The molecule has 1 aliphatic rings. The molecule has 152 valence electrons. The predicted molar refractivity (Wildman–Crippen MR) is 111 cm³/mol. The van der Waals surface area contributed by atoms with Crippen molar-refractivity contribution in [3.63, 3.8) is 0 Å². The molecule has 0 fully saturated rings. The molecule has 7 heteroatoms. The van der Waals surface area contributed by atoms with Gasteiger partial charge in [-0.25, -0.2) is 0 Å². The molecule has 3 amide bonds. The minimum atomic E-state index is -0.183. The molecular weight excluding hydrogens is 370 g/mol. The molecule has 0 aliphatic carbocycles. The van der Waals surface area contributed by atoms with E-state index in [0.29, 0.717) is 30.2 Å². The van der Waals surface area contributed by atoms with Gasteiger partial charge in [-0.1, -0.05) is 24.3 Å². The molecule has 1 aliphatic heterocycles. The van der Waals surface area contributed by atoms with Gasteiger partial charge < -0.3 is 19.9 Å². The third-order valence-corrected chi connectivity index (χ3v) is 4.78. The van der Waals surface area contributed by atoms with Gasteiger partial charge in [-0.05, 0) is 36.8 Å². The van der Waals surface area contributed by atoms with E-state index >= 15 is 0 Å². The second kappa shape index (κ2) is 9.23. The van der Waals surface area contributed by atoms with Gasteiger partial charge in [-0.3, -0.25) is 14.4 Å². The Morgan fingerprint density at radius 1 is 1.17 bits per heavy atom. The van der Waals surface area contributed by atoms with Gasteiger partial charge >= 0.3 is 0 Å². The summed E-state index contributed by atoms with van der Waals surface area (Å²) in [6.45, 7) is 4.84. The molecule has 3 rings (SSSR count). The zero-order valence-corrected chi connectivity index (χ0v) is 16.7. The van der Waals surface area contributed by atoms with Crippen LogP contribution in [0.2, 0.25) is 0 Å². The lowest BCUT2D eigenvalue weighted by Gasteiger charge is -2.29. The van der Waals surface area contributed by atoms with E-state index in [1.54, 1.807) is 28.9 Å². The summed E-state index contributed by atoms with van der Waals surface area (Å²) in [7, 11) is 0. The van der Waals surface area contributed by atoms with Crippen LogP contribution < -0.4 is 15.0 Å². The van der Waals surface area contributed by atoms with Crippen molar-refractivity contribution in [1.82, 2.24) is 4.90 Å². The summed E-state index contributed by atoms with van der Waals surface area (Å²) in [5, 5.41) is 2.87. The molecule has 0 spiro atoms. The number of amides is 3. The first-order chi connectivity index (χ1) is 14.0. The average molecular weight is 395 g/mol. The van der Waals surface area contributed by atoms with Gasteiger partial charge in [0.25, 0.3) is 5.91 Å². The quantitative estimate of drug-likeness (QED) is 0.782. The van der Waals surface area contributed by atoms with Gasteiger partial charge in [0.15, 0.2) is 6.61 Å². The molecule has 0 saturated carbocycles. The Balaban J connectivity index is 1.60. The molecule has 0 radical (unpaired) electrons. The summed E-state index contributed by atoms with van der Waals surface area (Å²) in [4.78, 5) is 39.5. The van der Waals surface area contributed by atoms with Crippen molar-refractivity contribution in [2.75, 3.05) is 29.9 Å². The fourth-order valence-corrected chi connectivity index (χ4v) is 3.25. The summed E-state index contributed by atoms with van der Waals surface area (Å²) in [5.74, 6) is 0.309. The Morgan fingerprint density at radius 2 is 1.97 bits per heavy atom. The van der Waals surface area contributed by atoms with Crippen LogP contribution in [0.15, 0.2) is 48.5 Å². The fraction of sp³-hybridized carbons (Fsp3) is 0.318. The largest absolute Gasteiger partial charge is 0.482 e. The molecule has 0 saturated heterocycles. The summed E-state index contributed by atoms with van der Waals surface area (Å²) >= 11 is 0. The predicted octanol–water partition coefficient (Wildman–Crippen LogP) is 2.81. The Hall–Kier alpha value is -3.35. The number of ether oxygens (including phenoxy) is 1. The number of para-hydroxylation sites is 2. The lowest BCUT2D eigenvalue weighted by Crippen LogP contribution is -2.40. The zero-order valence-electron chi connectivity index (χ0n) is 16.7. The number of nitrogens with zero attached hydrogens (tertiary/aromatic N) is 2. The normalized spacial score (nSPS) is 12.8. The maximum atomic E-state index is 12.4. The molecule has 0 aromatic heterocycles. The van der Waals surface area contributed by atoms with Gasteiger partial charge in [0, 0.05) is 38.7 Å². The minimum absolute atomic E-state index is 0.0115. The standard InChI is InChI=1S/C22H25N3O4/c1-3-24(16(2)26)14-17-7-6-8-18(13-17)23-21(27)11-12-25-19-9-4-5-10-20(19)29-15-22(25)28/h4-10,13H,3,11-12,14-15H2,1-2H3,(H,23,27). The number of anilines is 2. The van der Waals surface area contributed by atoms with Crippen molar-refractivity contribution < 1.29 is 19.1 Å². The number of carbonyl (C=O) groups is 3. The minimum Gasteiger partial charge on any atom is -0.482 e. The van der Waals surface area contributed by atoms with Crippen molar-refractivity contribution in [3.05, 3.63) is 54.1 Å². The Kier molecular flexibility index (Phi) is 6.49. The molecule has 0 bridgehead atoms.